The highest BCUT2D eigenvalue weighted by Gasteiger charge is 2.28. The fourth-order valence-electron chi connectivity index (χ4n) is 3.49. The summed E-state index contributed by atoms with van der Waals surface area (Å²) in [7, 11) is -3.58. The summed E-state index contributed by atoms with van der Waals surface area (Å²) in [6.45, 7) is 0.422. The van der Waals surface area contributed by atoms with Gasteiger partial charge in [-0.15, -0.1) is 0 Å². The number of ether oxygens (including phenoxy) is 1. The van der Waals surface area contributed by atoms with Crippen LogP contribution in [0.4, 0.5) is 5.69 Å². The van der Waals surface area contributed by atoms with E-state index in [4.69, 9.17) is 27.9 Å². The van der Waals surface area contributed by atoms with Crippen LogP contribution in [0.5, 0.6) is 5.75 Å². The monoisotopic (exact) mass is 490 g/mol. The molecular weight excluding hydrogens is 471 g/mol. The van der Waals surface area contributed by atoms with Gasteiger partial charge in [0.05, 0.1) is 9.92 Å². The van der Waals surface area contributed by atoms with E-state index in [0.29, 0.717) is 34.4 Å². The molecule has 4 rings (SSSR count). The summed E-state index contributed by atoms with van der Waals surface area (Å²) in [6.07, 6.45) is 0.605. The maximum atomic E-state index is 12.9. The maximum Gasteiger partial charge on any atom is 0.262 e. The van der Waals surface area contributed by atoms with Crippen LogP contribution in [0.3, 0.4) is 0 Å². The van der Waals surface area contributed by atoms with Crippen LogP contribution in [0, 0.1) is 0 Å². The molecule has 6 nitrogen and oxygen atoms in total. The number of hydrogen-bond donors (Lipinski definition) is 1. The van der Waals surface area contributed by atoms with Crippen LogP contribution in [0.2, 0.25) is 10.0 Å². The van der Waals surface area contributed by atoms with E-state index in [1.807, 2.05) is 6.07 Å². The molecule has 1 heterocycles. The molecular formula is C23H20Cl2N2O4S. The molecule has 0 atom stereocenters. The lowest BCUT2D eigenvalue weighted by molar-refractivity contribution is -0.118. The molecule has 32 heavy (non-hydrogen) atoms. The van der Waals surface area contributed by atoms with Gasteiger partial charge in [0.15, 0.2) is 6.61 Å². The minimum Gasteiger partial charge on any atom is -0.482 e. The van der Waals surface area contributed by atoms with Crippen molar-refractivity contribution in [3.8, 4) is 5.75 Å². The lowest BCUT2D eigenvalue weighted by atomic mass is 10.0. The summed E-state index contributed by atoms with van der Waals surface area (Å²) >= 11 is 11.9. The standard InChI is InChI=1S/C23H20Cl2N2O4S/c24-18-7-9-22(21(25)13-18)31-15-23(28)26-19-8-6-16-10-11-27(14-17(16)12-19)32(29,30)20-4-2-1-3-5-20/h1-9,12-13H,10-11,14-15H2,(H,26,28). The molecule has 1 aliphatic rings. The molecule has 0 spiro atoms. The maximum absolute atomic E-state index is 12.9. The average Bonchev–Trinajstić information content (AvgIpc) is 2.78. The highest BCUT2D eigenvalue weighted by atomic mass is 35.5. The Morgan fingerprint density at radius 3 is 2.53 bits per heavy atom. The molecule has 3 aromatic carbocycles. The van der Waals surface area contributed by atoms with Crippen molar-refractivity contribution in [2.75, 3.05) is 18.5 Å². The van der Waals surface area contributed by atoms with E-state index in [2.05, 4.69) is 5.32 Å². The van der Waals surface area contributed by atoms with Crippen LogP contribution in [-0.4, -0.2) is 31.8 Å². The number of halogens is 2. The van der Waals surface area contributed by atoms with Gasteiger partial charge in [-0.25, -0.2) is 8.42 Å². The molecule has 1 aliphatic heterocycles. The first-order chi connectivity index (χ1) is 15.3. The minimum atomic E-state index is -3.58. The highest BCUT2D eigenvalue weighted by Crippen LogP contribution is 2.28. The topological polar surface area (TPSA) is 75.7 Å². The first-order valence-electron chi connectivity index (χ1n) is 9.87. The summed E-state index contributed by atoms with van der Waals surface area (Å²) in [6, 6.07) is 18.6. The molecule has 166 valence electrons. The molecule has 9 heteroatoms. The zero-order valence-corrected chi connectivity index (χ0v) is 19.3. The van der Waals surface area contributed by atoms with Gasteiger partial charge in [0.25, 0.3) is 5.91 Å². The van der Waals surface area contributed by atoms with Crippen molar-refractivity contribution in [3.63, 3.8) is 0 Å². The molecule has 3 aromatic rings. The van der Waals surface area contributed by atoms with Gasteiger partial charge >= 0.3 is 0 Å². The van der Waals surface area contributed by atoms with Crippen LogP contribution in [0.15, 0.2) is 71.6 Å². The van der Waals surface area contributed by atoms with Gasteiger partial charge in [-0.3, -0.25) is 4.79 Å². The number of amides is 1. The molecule has 0 saturated carbocycles. The van der Waals surface area contributed by atoms with Gasteiger partial charge < -0.3 is 10.1 Å². The number of rotatable bonds is 6. The molecule has 0 unspecified atom stereocenters. The van der Waals surface area contributed by atoms with E-state index in [1.54, 1.807) is 54.6 Å². The van der Waals surface area contributed by atoms with Gasteiger partial charge in [0, 0.05) is 23.8 Å². The van der Waals surface area contributed by atoms with Crippen molar-refractivity contribution in [2.24, 2.45) is 0 Å². The number of carbonyl (C=O) groups excluding carboxylic acids is 1. The van der Waals surface area contributed by atoms with Crippen molar-refractivity contribution in [2.45, 2.75) is 17.9 Å². The molecule has 0 bridgehead atoms. The predicted molar refractivity (Wildman–Crippen MR) is 125 cm³/mol. The zero-order valence-electron chi connectivity index (χ0n) is 16.9. The summed E-state index contributed by atoms with van der Waals surface area (Å²) in [5.74, 6) is -0.000965. The number of nitrogens with one attached hydrogen (secondary N) is 1. The Morgan fingerprint density at radius 1 is 1.00 bits per heavy atom. The fourth-order valence-corrected chi connectivity index (χ4v) is 5.39. The number of benzene rings is 3. The van der Waals surface area contributed by atoms with Crippen LogP contribution >= 0.6 is 23.2 Å². The van der Waals surface area contributed by atoms with E-state index in [0.717, 1.165) is 11.1 Å². The second-order valence-corrected chi connectivity index (χ2v) is 10.1. The van der Waals surface area contributed by atoms with Crippen LogP contribution in [0.1, 0.15) is 11.1 Å². The van der Waals surface area contributed by atoms with Gasteiger partial charge in [0.2, 0.25) is 10.0 Å². The quantitative estimate of drug-likeness (QED) is 0.540. The van der Waals surface area contributed by atoms with Crippen LogP contribution in [-0.2, 0) is 27.8 Å². The number of sulfonamides is 1. The Bertz CT molecular complexity index is 1250. The average molecular weight is 491 g/mol. The number of carbonyl (C=O) groups is 1. The number of fused-ring (bicyclic) bond motifs is 1. The van der Waals surface area contributed by atoms with Crippen LogP contribution in [0.25, 0.3) is 0 Å². The van der Waals surface area contributed by atoms with Crippen molar-refractivity contribution in [1.29, 1.82) is 0 Å². The molecule has 0 aromatic heterocycles. The number of hydrogen-bond acceptors (Lipinski definition) is 4. The molecule has 0 saturated heterocycles. The smallest absolute Gasteiger partial charge is 0.262 e. The van der Waals surface area contributed by atoms with Crippen LogP contribution < -0.4 is 10.1 Å². The molecule has 1 N–H and O–H groups in total. The van der Waals surface area contributed by atoms with Crippen molar-refractivity contribution < 1.29 is 17.9 Å². The Labute approximate surface area is 196 Å². The predicted octanol–water partition coefficient (Wildman–Crippen LogP) is 4.76. The molecule has 0 aliphatic carbocycles. The first kappa shape index (κ1) is 22.6. The Kier molecular flexibility index (Phi) is 6.71. The van der Waals surface area contributed by atoms with Gasteiger partial charge in [-0.05, 0) is 60.0 Å². The summed E-state index contributed by atoms with van der Waals surface area (Å²) in [4.78, 5) is 12.6. The van der Waals surface area contributed by atoms with Crippen molar-refractivity contribution in [1.82, 2.24) is 4.31 Å². The highest BCUT2D eigenvalue weighted by molar-refractivity contribution is 7.89. The summed E-state index contributed by atoms with van der Waals surface area (Å²) in [5.41, 5.74) is 2.49. The van der Waals surface area contributed by atoms with E-state index in [-0.39, 0.29) is 24.0 Å². The Hall–Kier alpha value is -2.58. The van der Waals surface area contributed by atoms with E-state index in [9.17, 15) is 13.2 Å². The minimum absolute atomic E-state index is 0.229. The van der Waals surface area contributed by atoms with Gasteiger partial charge in [-0.1, -0.05) is 47.5 Å². The SMILES string of the molecule is O=C(COc1ccc(Cl)cc1Cl)Nc1ccc2c(c1)CN(S(=O)(=O)c1ccccc1)CC2. The third-order valence-corrected chi connectivity index (χ3v) is 7.49. The molecule has 0 radical (unpaired) electrons. The Balaban J connectivity index is 1.42. The zero-order chi connectivity index (χ0) is 22.7. The van der Waals surface area contributed by atoms with E-state index >= 15 is 0 Å². The number of anilines is 1. The lowest BCUT2D eigenvalue weighted by Crippen LogP contribution is -2.36. The largest absolute Gasteiger partial charge is 0.482 e. The molecule has 0 fully saturated rings. The normalized spacial score (nSPS) is 13.9. The van der Waals surface area contributed by atoms with Crippen molar-refractivity contribution >= 4 is 44.8 Å². The third kappa shape index (κ3) is 5.07. The first-order valence-corrected chi connectivity index (χ1v) is 12.1. The van der Waals surface area contributed by atoms with E-state index < -0.39 is 10.0 Å². The lowest BCUT2D eigenvalue weighted by Gasteiger charge is -2.28. The third-order valence-electron chi connectivity index (χ3n) is 5.10. The van der Waals surface area contributed by atoms with E-state index in [1.165, 1.54) is 10.4 Å². The molecule has 1 amide bonds. The summed E-state index contributed by atoms with van der Waals surface area (Å²) in [5, 5.41) is 3.57. The second-order valence-electron chi connectivity index (χ2n) is 7.30. The van der Waals surface area contributed by atoms with Gasteiger partial charge in [-0.2, -0.15) is 4.31 Å². The second kappa shape index (κ2) is 9.50. The summed E-state index contributed by atoms with van der Waals surface area (Å²) < 4.78 is 32.8. The number of nitrogens with zero attached hydrogens (tertiary/aromatic N) is 1. The van der Waals surface area contributed by atoms with Gasteiger partial charge in [0.1, 0.15) is 5.75 Å². The Morgan fingerprint density at radius 2 is 1.78 bits per heavy atom. The fraction of sp³-hybridized carbons (Fsp3) is 0.174. The van der Waals surface area contributed by atoms with Crippen molar-refractivity contribution in [3.05, 3.63) is 87.9 Å².